The Kier molecular flexibility index (Phi) is 4.29. The van der Waals surface area contributed by atoms with Crippen molar-refractivity contribution in [2.24, 2.45) is 5.10 Å². The molecule has 0 radical (unpaired) electrons. The minimum Gasteiger partial charge on any atom is -0.461 e. The van der Waals surface area contributed by atoms with E-state index in [0.717, 1.165) is 0 Å². The summed E-state index contributed by atoms with van der Waals surface area (Å²) in [7, 11) is 0. The van der Waals surface area contributed by atoms with Gasteiger partial charge in [0.15, 0.2) is 5.76 Å². The van der Waals surface area contributed by atoms with E-state index >= 15 is 0 Å². The van der Waals surface area contributed by atoms with Crippen LogP contribution in [0.2, 0.25) is 0 Å². The van der Waals surface area contributed by atoms with Crippen LogP contribution in [0.5, 0.6) is 5.75 Å². The van der Waals surface area contributed by atoms with Crippen molar-refractivity contribution in [2.75, 3.05) is 0 Å². The molecule has 2 heterocycles. The lowest BCUT2D eigenvalue weighted by Gasteiger charge is -2.03. The third-order valence-electron chi connectivity index (χ3n) is 2.82. The maximum atomic E-state index is 12.1. The summed E-state index contributed by atoms with van der Waals surface area (Å²) in [4.78, 5) is 0. The van der Waals surface area contributed by atoms with Crippen LogP contribution >= 0.6 is 12.2 Å². The zero-order chi connectivity index (χ0) is 16.2. The molecule has 0 amide bonds. The average Bonchev–Trinajstić information content (AvgIpc) is 3.16. The molecule has 0 bridgehead atoms. The second-order valence-corrected chi connectivity index (χ2v) is 4.72. The Labute approximate surface area is 134 Å². The third kappa shape index (κ3) is 3.51. The monoisotopic (exact) mass is 336 g/mol. The summed E-state index contributed by atoms with van der Waals surface area (Å²) < 4.78 is 35.4. The number of rotatable bonds is 5. The van der Waals surface area contributed by atoms with Crippen LogP contribution in [0.15, 0.2) is 52.2 Å². The van der Waals surface area contributed by atoms with Crippen LogP contribution in [0.1, 0.15) is 5.56 Å². The van der Waals surface area contributed by atoms with Crippen LogP contribution < -0.4 is 4.74 Å². The zero-order valence-corrected chi connectivity index (χ0v) is 12.3. The SMILES string of the molecule is FC(F)Oc1ccc(C=Nn2c(-c3ccco3)n[nH]c2=S)cc1. The minimum absolute atomic E-state index is 0.0772. The smallest absolute Gasteiger partial charge is 0.387 e. The van der Waals surface area contributed by atoms with Gasteiger partial charge in [0, 0.05) is 0 Å². The molecular weight excluding hydrogens is 326 g/mol. The Morgan fingerprint density at radius 1 is 1.30 bits per heavy atom. The molecule has 1 N–H and O–H groups in total. The number of alkyl halides is 2. The van der Waals surface area contributed by atoms with Crippen LogP contribution in [0.4, 0.5) is 8.78 Å². The van der Waals surface area contributed by atoms with E-state index in [0.29, 0.717) is 21.9 Å². The van der Waals surface area contributed by atoms with Gasteiger partial charge in [0.25, 0.3) is 0 Å². The molecule has 0 fully saturated rings. The lowest BCUT2D eigenvalue weighted by Crippen LogP contribution is -2.01. The fraction of sp³-hybridized carbons (Fsp3) is 0.0714. The lowest BCUT2D eigenvalue weighted by molar-refractivity contribution is -0.0498. The van der Waals surface area contributed by atoms with Crippen molar-refractivity contribution in [1.82, 2.24) is 14.9 Å². The van der Waals surface area contributed by atoms with Crippen LogP contribution in [0.3, 0.4) is 0 Å². The Bertz CT molecular complexity index is 854. The van der Waals surface area contributed by atoms with E-state index in [4.69, 9.17) is 16.6 Å². The Morgan fingerprint density at radius 2 is 2.09 bits per heavy atom. The summed E-state index contributed by atoms with van der Waals surface area (Å²) >= 11 is 5.12. The molecule has 3 aromatic rings. The van der Waals surface area contributed by atoms with E-state index in [9.17, 15) is 8.78 Å². The van der Waals surface area contributed by atoms with Crippen LogP contribution in [0, 0.1) is 4.77 Å². The first-order valence-corrected chi connectivity index (χ1v) is 6.85. The number of benzene rings is 1. The number of nitrogens with one attached hydrogen (secondary N) is 1. The van der Waals surface area contributed by atoms with Crippen molar-refractivity contribution >= 4 is 18.4 Å². The van der Waals surface area contributed by atoms with Gasteiger partial charge in [0.2, 0.25) is 10.6 Å². The quantitative estimate of drug-likeness (QED) is 0.570. The van der Waals surface area contributed by atoms with Gasteiger partial charge in [-0.2, -0.15) is 18.6 Å². The molecule has 3 rings (SSSR count). The number of H-pyrrole nitrogens is 1. The van der Waals surface area contributed by atoms with E-state index in [1.54, 1.807) is 24.3 Å². The fourth-order valence-corrected chi connectivity index (χ4v) is 2.00. The Morgan fingerprint density at radius 3 is 2.74 bits per heavy atom. The molecule has 2 aromatic heterocycles. The average molecular weight is 336 g/mol. The van der Waals surface area contributed by atoms with Crippen molar-refractivity contribution in [2.45, 2.75) is 6.61 Å². The van der Waals surface area contributed by atoms with Crippen molar-refractivity contribution in [3.8, 4) is 17.3 Å². The van der Waals surface area contributed by atoms with Crippen molar-refractivity contribution in [3.63, 3.8) is 0 Å². The molecular formula is C14H10F2N4O2S. The normalized spacial score (nSPS) is 11.4. The van der Waals surface area contributed by atoms with Crippen molar-refractivity contribution in [1.29, 1.82) is 0 Å². The van der Waals surface area contributed by atoms with Gasteiger partial charge in [-0.05, 0) is 54.2 Å². The van der Waals surface area contributed by atoms with Gasteiger partial charge in [-0.3, -0.25) is 0 Å². The van der Waals surface area contributed by atoms with E-state index < -0.39 is 6.61 Å². The van der Waals surface area contributed by atoms with Gasteiger partial charge < -0.3 is 9.15 Å². The molecule has 0 spiro atoms. The molecule has 1 aromatic carbocycles. The molecule has 0 aliphatic heterocycles. The number of aromatic nitrogens is 3. The summed E-state index contributed by atoms with van der Waals surface area (Å²) in [6.45, 7) is -2.85. The van der Waals surface area contributed by atoms with Gasteiger partial charge in [0.05, 0.1) is 12.5 Å². The second-order valence-electron chi connectivity index (χ2n) is 4.33. The summed E-state index contributed by atoms with van der Waals surface area (Å²) in [6, 6.07) is 9.50. The first-order valence-electron chi connectivity index (χ1n) is 6.44. The summed E-state index contributed by atoms with van der Waals surface area (Å²) in [5, 5.41) is 10.9. The van der Waals surface area contributed by atoms with Gasteiger partial charge in [-0.1, -0.05) is 0 Å². The molecule has 0 aliphatic carbocycles. The van der Waals surface area contributed by atoms with Gasteiger partial charge in [-0.15, -0.1) is 5.10 Å². The summed E-state index contributed by atoms with van der Waals surface area (Å²) in [6.07, 6.45) is 3.03. The Balaban J connectivity index is 1.83. The number of furan rings is 1. The highest BCUT2D eigenvalue weighted by molar-refractivity contribution is 7.71. The predicted molar refractivity (Wildman–Crippen MR) is 81.2 cm³/mol. The highest BCUT2D eigenvalue weighted by Crippen LogP contribution is 2.18. The van der Waals surface area contributed by atoms with E-state index in [1.807, 2.05) is 0 Å². The van der Waals surface area contributed by atoms with Gasteiger partial charge in [0.1, 0.15) is 5.75 Å². The maximum Gasteiger partial charge on any atom is 0.387 e. The largest absolute Gasteiger partial charge is 0.461 e. The fourth-order valence-electron chi connectivity index (χ4n) is 1.82. The molecule has 0 unspecified atom stereocenters. The number of halogens is 2. The second kappa shape index (κ2) is 6.53. The maximum absolute atomic E-state index is 12.1. The molecule has 9 heteroatoms. The summed E-state index contributed by atoms with van der Waals surface area (Å²) in [5.74, 6) is 1.01. The zero-order valence-electron chi connectivity index (χ0n) is 11.5. The van der Waals surface area contributed by atoms with E-state index in [2.05, 4.69) is 20.0 Å². The number of ether oxygens (including phenoxy) is 1. The first kappa shape index (κ1) is 15.1. The van der Waals surface area contributed by atoms with E-state index in [1.165, 1.54) is 29.3 Å². The van der Waals surface area contributed by atoms with E-state index in [-0.39, 0.29) is 5.75 Å². The number of aromatic amines is 1. The Hall–Kier alpha value is -2.81. The van der Waals surface area contributed by atoms with Gasteiger partial charge >= 0.3 is 6.61 Å². The lowest BCUT2D eigenvalue weighted by atomic mass is 10.2. The molecule has 23 heavy (non-hydrogen) atoms. The number of hydrogen-bond donors (Lipinski definition) is 1. The standard InChI is InChI=1S/C14H10F2N4O2S/c15-13(16)22-10-5-3-9(4-6-10)8-17-20-12(18-19-14(20)23)11-2-1-7-21-11/h1-8,13H,(H,19,23). The third-order valence-corrected chi connectivity index (χ3v) is 3.08. The van der Waals surface area contributed by atoms with Crippen LogP contribution in [-0.4, -0.2) is 27.7 Å². The summed E-state index contributed by atoms with van der Waals surface area (Å²) in [5.41, 5.74) is 0.681. The molecule has 118 valence electrons. The van der Waals surface area contributed by atoms with Crippen molar-refractivity contribution < 1.29 is 17.9 Å². The first-order chi connectivity index (χ1) is 11.1. The van der Waals surface area contributed by atoms with Crippen LogP contribution in [-0.2, 0) is 0 Å². The highest BCUT2D eigenvalue weighted by Gasteiger charge is 2.10. The molecule has 0 aliphatic rings. The molecule has 0 atom stereocenters. The molecule has 0 saturated carbocycles. The van der Waals surface area contributed by atoms with Crippen molar-refractivity contribution in [3.05, 3.63) is 53.0 Å². The number of nitrogens with zero attached hydrogens (tertiary/aromatic N) is 3. The molecule has 0 saturated heterocycles. The highest BCUT2D eigenvalue weighted by atomic mass is 32.1. The molecule has 6 nitrogen and oxygen atoms in total. The van der Waals surface area contributed by atoms with Crippen LogP contribution in [0.25, 0.3) is 11.6 Å². The minimum atomic E-state index is -2.85. The topological polar surface area (TPSA) is 68.3 Å². The predicted octanol–water partition coefficient (Wildman–Crippen LogP) is 3.68. The number of hydrogen-bond acceptors (Lipinski definition) is 5. The van der Waals surface area contributed by atoms with Gasteiger partial charge in [-0.25, -0.2) is 5.10 Å².